The minimum atomic E-state index is -3.28. The second-order valence-corrected chi connectivity index (χ2v) is 5.93. The number of carbonyl (C=O) groups excluding carboxylic acids is 1. The number of rotatable bonds is 6. The minimum absolute atomic E-state index is 0.358. The van der Waals surface area contributed by atoms with E-state index >= 15 is 0 Å². The quantitative estimate of drug-likeness (QED) is 0.741. The van der Waals surface area contributed by atoms with Crippen LogP contribution in [-0.4, -0.2) is 31.1 Å². The third-order valence-electron chi connectivity index (χ3n) is 4.26. The van der Waals surface area contributed by atoms with Crippen molar-refractivity contribution in [3.8, 4) is 0 Å². The first-order valence-corrected chi connectivity index (χ1v) is 6.86. The van der Waals surface area contributed by atoms with Gasteiger partial charge in [-0.05, 0) is 50.0 Å². The van der Waals surface area contributed by atoms with Crippen LogP contribution < -0.4 is 5.32 Å². The summed E-state index contributed by atoms with van der Waals surface area (Å²) in [6, 6.07) is 0. The highest BCUT2D eigenvalue weighted by atomic mass is 19.3. The van der Waals surface area contributed by atoms with E-state index in [1.54, 1.807) is 0 Å². The molecule has 3 fully saturated rings. The molecule has 1 heterocycles. The zero-order valence-corrected chi connectivity index (χ0v) is 10.3. The number of ether oxygens (including phenoxy) is 1. The fraction of sp³-hybridized carbons (Fsp3) is 0.923. The molecule has 1 aliphatic heterocycles. The van der Waals surface area contributed by atoms with E-state index in [4.69, 9.17) is 0 Å². The molecule has 0 aromatic heterocycles. The Bertz CT molecular complexity index is 328. The van der Waals surface area contributed by atoms with Gasteiger partial charge in [0.2, 0.25) is 0 Å². The highest BCUT2D eigenvalue weighted by Crippen LogP contribution is 2.48. The van der Waals surface area contributed by atoms with Crippen molar-refractivity contribution in [3.05, 3.63) is 0 Å². The Morgan fingerprint density at radius 3 is 2.33 bits per heavy atom. The van der Waals surface area contributed by atoms with Gasteiger partial charge in [-0.15, -0.1) is 0 Å². The monoisotopic (exact) mass is 259 g/mol. The van der Waals surface area contributed by atoms with Crippen molar-refractivity contribution in [3.63, 3.8) is 0 Å². The van der Waals surface area contributed by atoms with Crippen molar-refractivity contribution in [1.82, 2.24) is 5.32 Å². The third-order valence-corrected chi connectivity index (χ3v) is 4.26. The smallest absolute Gasteiger partial charge is 0.377 e. The van der Waals surface area contributed by atoms with Gasteiger partial charge in [-0.25, -0.2) is 4.79 Å². The molecule has 0 aromatic carbocycles. The molecule has 1 N–H and O–H groups in total. The number of alkyl halides is 2. The van der Waals surface area contributed by atoms with E-state index in [9.17, 15) is 13.6 Å². The number of halogens is 2. The Labute approximate surface area is 105 Å². The molecular weight excluding hydrogens is 240 g/mol. The van der Waals surface area contributed by atoms with E-state index < -0.39 is 24.4 Å². The Morgan fingerprint density at radius 2 is 1.89 bits per heavy atom. The average Bonchev–Trinajstić information content (AvgIpc) is 3.15. The van der Waals surface area contributed by atoms with Gasteiger partial charge < -0.3 is 10.1 Å². The molecular formula is C13H19F2NO2. The molecule has 0 aromatic rings. The molecule has 1 unspecified atom stereocenters. The van der Waals surface area contributed by atoms with E-state index in [1.807, 2.05) is 0 Å². The SMILES string of the molecule is O=C1OC(CNCC(C2CC2)C2CC2)CC1(F)F. The van der Waals surface area contributed by atoms with Gasteiger partial charge in [0.05, 0.1) is 6.42 Å². The molecule has 102 valence electrons. The van der Waals surface area contributed by atoms with Crippen molar-refractivity contribution < 1.29 is 18.3 Å². The fourth-order valence-corrected chi connectivity index (χ4v) is 2.94. The molecule has 18 heavy (non-hydrogen) atoms. The Balaban J connectivity index is 1.40. The topological polar surface area (TPSA) is 38.3 Å². The molecule has 1 saturated heterocycles. The highest BCUT2D eigenvalue weighted by Gasteiger charge is 2.50. The van der Waals surface area contributed by atoms with Crippen LogP contribution in [0.2, 0.25) is 0 Å². The van der Waals surface area contributed by atoms with Crippen LogP contribution in [0.3, 0.4) is 0 Å². The first-order valence-electron chi connectivity index (χ1n) is 6.86. The van der Waals surface area contributed by atoms with Gasteiger partial charge in [-0.1, -0.05) is 0 Å². The van der Waals surface area contributed by atoms with Gasteiger partial charge in [0.25, 0.3) is 0 Å². The zero-order valence-electron chi connectivity index (χ0n) is 10.3. The number of esters is 1. The number of hydrogen-bond donors (Lipinski definition) is 1. The van der Waals surface area contributed by atoms with E-state index in [0.29, 0.717) is 12.5 Å². The summed E-state index contributed by atoms with van der Waals surface area (Å²) < 4.78 is 30.6. The van der Waals surface area contributed by atoms with Gasteiger partial charge >= 0.3 is 11.9 Å². The van der Waals surface area contributed by atoms with Gasteiger partial charge in [-0.2, -0.15) is 8.78 Å². The molecule has 5 heteroatoms. The molecule has 2 aliphatic carbocycles. The molecule has 2 saturated carbocycles. The fourth-order valence-electron chi connectivity index (χ4n) is 2.94. The second-order valence-electron chi connectivity index (χ2n) is 5.93. The molecule has 0 radical (unpaired) electrons. The van der Waals surface area contributed by atoms with Gasteiger partial charge in [0.15, 0.2) is 0 Å². The summed E-state index contributed by atoms with van der Waals surface area (Å²) in [5.74, 6) is -2.24. The lowest BCUT2D eigenvalue weighted by atomic mass is 9.98. The Hall–Kier alpha value is -0.710. The van der Waals surface area contributed by atoms with Crippen molar-refractivity contribution in [2.75, 3.05) is 13.1 Å². The van der Waals surface area contributed by atoms with Crippen LogP contribution in [-0.2, 0) is 9.53 Å². The summed E-state index contributed by atoms with van der Waals surface area (Å²) in [5.41, 5.74) is 0. The highest BCUT2D eigenvalue weighted by molar-refractivity contribution is 5.79. The maximum Gasteiger partial charge on any atom is 0.377 e. The summed E-state index contributed by atoms with van der Waals surface area (Å²) in [7, 11) is 0. The van der Waals surface area contributed by atoms with Crippen LogP contribution in [0.1, 0.15) is 32.1 Å². The van der Waals surface area contributed by atoms with Gasteiger partial charge in [0, 0.05) is 6.54 Å². The van der Waals surface area contributed by atoms with Crippen molar-refractivity contribution in [2.24, 2.45) is 17.8 Å². The molecule has 1 atom stereocenters. The second kappa shape index (κ2) is 4.44. The number of cyclic esters (lactones) is 1. The van der Waals surface area contributed by atoms with E-state index in [0.717, 1.165) is 18.4 Å². The number of carbonyl (C=O) groups is 1. The molecule has 0 bridgehead atoms. The van der Waals surface area contributed by atoms with Crippen LogP contribution in [0.5, 0.6) is 0 Å². The lowest BCUT2D eigenvalue weighted by Crippen LogP contribution is -2.32. The lowest BCUT2D eigenvalue weighted by Gasteiger charge is -2.17. The Kier molecular flexibility index (Phi) is 3.04. The predicted octanol–water partition coefficient (Wildman–Crippen LogP) is 1.96. The predicted molar refractivity (Wildman–Crippen MR) is 61.3 cm³/mol. The van der Waals surface area contributed by atoms with Crippen LogP contribution in [0.4, 0.5) is 8.78 Å². The van der Waals surface area contributed by atoms with Crippen LogP contribution in [0.25, 0.3) is 0 Å². The van der Waals surface area contributed by atoms with E-state index in [1.165, 1.54) is 25.7 Å². The molecule has 3 rings (SSSR count). The maximum atomic E-state index is 12.9. The summed E-state index contributed by atoms with van der Waals surface area (Å²) in [6.45, 7) is 1.24. The normalized spacial score (nSPS) is 30.8. The zero-order chi connectivity index (χ0) is 12.8. The maximum absolute atomic E-state index is 12.9. The summed E-state index contributed by atoms with van der Waals surface area (Å²) >= 11 is 0. The van der Waals surface area contributed by atoms with Crippen LogP contribution in [0, 0.1) is 17.8 Å². The van der Waals surface area contributed by atoms with Gasteiger partial charge in [-0.3, -0.25) is 0 Å². The first kappa shape index (κ1) is 12.3. The number of hydrogen-bond acceptors (Lipinski definition) is 3. The molecule has 0 amide bonds. The minimum Gasteiger partial charge on any atom is -0.456 e. The van der Waals surface area contributed by atoms with Crippen LogP contribution in [0.15, 0.2) is 0 Å². The lowest BCUT2D eigenvalue weighted by molar-refractivity contribution is -0.159. The molecule has 0 spiro atoms. The largest absolute Gasteiger partial charge is 0.456 e. The van der Waals surface area contributed by atoms with Crippen molar-refractivity contribution >= 4 is 5.97 Å². The Morgan fingerprint density at radius 1 is 1.28 bits per heavy atom. The summed E-state index contributed by atoms with van der Waals surface area (Å²) in [4.78, 5) is 10.8. The van der Waals surface area contributed by atoms with E-state index in [-0.39, 0.29) is 0 Å². The number of nitrogens with one attached hydrogen (secondary N) is 1. The van der Waals surface area contributed by atoms with Crippen molar-refractivity contribution in [2.45, 2.75) is 44.1 Å². The molecule has 3 nitrogen and oxygen atoms in total. The summed E-state index contributed by atoms with van der Waals surface area (Å²) in [6.07, 6.45) is 4.14. The van der Waals surface area contributed by atoms with Crippen LogP contribution >= 0.6 is 0 Å². The molecule has 3 aliphatic rings. The summed E-state index contributed by atoms with van der Waals surface area (Å²) in [5, 5.41) is 3.22. The first-order chi connectivity index (χ1) is 8.56. The average molecular weight is 259 g/mol. The van der Waals surface area contributed by atoms with E-state index in [2.05, 4.69) is 10.1 Å². The van der Waals surface area contributed by atoms with Crippen molar-refractivity contribution in [1.29, 1.82) is 0 Å². The third kappa shape index (κ3) is 2.66. The standard InChI is InChI=1S/C13H19F2NO2/c14-13(15)5-10(18-12(13)17)6-16-7-11(8-1-2-8)9-3-4-9/h8-11,16H,1-7H2. The van der Waals surface area contributed by atoms with Gasteiger partial charge in [0.1, 0.15) is 6.10 Å².